The number of aryl methyl sites for hydroxylation is 5. The highest BCUT2D eigenvalue weighted by Gasteiger charge is 2.13. The largest absolute Gasteiger partial charge is 0.346 e. The molecule has 3 aromatic rings. The Balaban J connectivity index is 1.54. The minimum atomic E-state index is 0.170. The Hall–Kier alpha value is -2.63. The van der Waals surface area contributed by atoms with Gasteiger partial charge in [-0.15, -0.1) is 0 Å². The lowest BCUT2D eigenvalue weighted by Crippen LogP contribution is -2.29. The van der Waals surface area contributed by atoms with Crippen LogP contribution in [0.2, 0.25) is 0 Å². The average Bonchev–Trinajstić information content (AvgIpc) is 3.18. The summed E-state index contributed by atoms with van der Waals surface area (Å²) in [6.07, 6.45) is 2.25. The van der Waals surface area contributed by atoms with E-state index in [2.05, 4.69) is 40.6 Å². The number of aromatic nitrogens is 4. The van der Waals surface area contributed by atoms with Crippen LogP contribution in [0.25, 0.3) is 11.0 Å². The molecule has 144 valence electrons. The standard InChI is InChI=1S/C21H29N5O/c1-5-20-22-18-9-6-7-10-19(18)25(20)14-11-21(27)24(4)12-8-13-26-17(3)15-16(2)23-26/h6-7,9-10,15H,5,8,11-14H2,1-4H3. The molecule has 2 heterocycles. The Labute approximate surface area is 160 Å². The number of carbonyl (C=O) groups excluding carboxylic acids is 1. The Morgan fingerprint density at radius 2 is 1.96 bits per heavy atom. The van der Waals surface area contributed by atoms with Crippen molar-refractivity contribution in [1.82, 2.24) is 24.2 Å². The summed E-state index contributed by atoms with van der Waals surface area (Å²) in [7, 11) is 1.89. The van der Waals surface area contributed by atoms with E-state index in [1.54, 1.807) is 0 Å². The van der Waals surface area contributed by atoms with E-state index >= 15 is 0 Å². The van der Waals surface area contributed by atoms with Gasteiger partial charge in [0.1, 0.15) is 5.82 Å². The number of imidazole rings is 1. The van der Waals surface area contributed by atoms with Gasteiger partial charge in [-0.25, -0.2) is 4.98 Å². The van der Waals surface area contributed by atoms with Crippen LogP contribution in [0.1, 0.15) is 37.0 Å². The average molecular weight is 367 g/mol. The zero-order valence-corrected chi connectivity index (χ0v) is 16.8. The molecule has 0 saturated heterocycles. The maximum Gasteiger partial charge on any atom is 0.224 e. The fourth-order valence-corrected chi connectivity index (χ4v) is 3.53. The zero-order valence-electron chi connectivity index (χ0n) is 16.8. The van der Waals surface area contributed by atoms with Gasteiger partial charge in [0.05, 0.1) is 16.7 Å². The number of para-hydroxylation sites is 2. The van der Waals surface area contributed by atoms with Crippen molar-refractivity contribution in [2.24, 2.45) is 0 Å². The fourth-order valence-electron chi connectivity index (χ4n) is 3.53. The maximum atomic E-state index is 12.6. The molecule has 0 spiro atoms. The van der Waals surface area contributed by atoms with E-state index in [0.29, 0.717) is 13.0 Å². The van der Waals surface area contributed by atoms with Crippen molar-refractivity contribution in [1.29, 1.82) is 0 Å². The summed E-state index contributed by atoms with van der Waals surface area (Å²) in [5.41, 5.74) is 4.31. The first-order valence-corrected chi connectivity index (χ1v) is 9.68. The lowest BCUT2D eigenvalue weighted by atomic mass is 10.3. The van der Waals surface area contributed by atoms with Gasteiger partial charge in [0.15, 0.2) is 0 Å². The molecule has 1 aromatic carbocycles. The molecule has 6 heteroatoms. The Kier molecular flexibility index (Phi) is 5.94. The summed E-state index contributed by atoms with van der Waals surface area (Å²) in [6.45, 7) is 8.42. The molecule has 0 N–H and O–H groups in total. The van der Waals surface area contributed by atoms with Crippen LogP contribution < -0.4 is 0 Å². The fraction of sp³-hybridized carbons (Fsp3) is 0.476. The van der Waals surface area contributed by atoms with Gasteiger partial charge >= 0.3 is 0 Å². The number of rotatable bonds is 8. The molecule has 2 aromatic heterocycles. The van der Waals surface area contributed by atoms with Crippen LogP contribution in [-0.4, -0.2) is 43.7 Å². The first-order chi connectivity index (χ1) is 13.0. The van der Waals surface area contributed by atoms with Crippen LogP contribution in [0.15, 0.2) is 30.3 Å². The maximum absolute atomic E-state index is 12.6. The number of amides is 1. The number of fused-ring (bicyclic) bond motifs is 1. The van der Waals surface area contributed by atoms with Crippen LogP contribution in [-0.2, 0) is 24.3 Å². The van der Waals surface area contributed by atoms with Crippen molar-refractivity contribution in [3.63, 3.8) is 0 Å². The molecule has 0 aliphatic carbocycles. The van der Waals surface area contributed by atoms with Gasteiger partial charge < -0.3 is 9.47 Å². The van der Waals surface area contributed by atoms with E-state index in [1.165, 1.54) is 5.69 Å². The third kappa shape index (κ3) is 4.38. The molecular weight excluding hydrogens is 338 g/mol. The topological polar surface area (TPSA) is 56.0 Å². The molecule has 0 fully saturated rings. The van der Waals surface area contributed by atoms with Crippen molar-refractivity contribution >= 4 is 16.9 Å². The second-order valence-electron chi connectivity index (χ2n) is 7.09. The lowest BCUT2D eigenvalue weighted by molar-refractivity contribution is -0.130. The minimum Gasteiger partial charge on any atom is -0.346 e. The zero-order chi connectivity index (χ0) is 19.4. The highest BCUT2D eigenvalue weighted by molar-refractivity contribution is 5.78. The van der Waals surface area contributed by atoms with E-state index in [4.69, 9.17) is 0 Å². The van der Waals surface area contributed by atoms with E-state index < -0.39 is 0 Å². The summed E-state index contributed by atoms with van der Waals surface area (Å²) < 4.78 is 4.19. The predicted molar refractivity (Wildman–Crippen MR) is 108 cm³/mol. The first kappa shape index (κ1) is 19.1. The number of benzene rings is 1. The van der Waals surface area contributed by atoms with Gasteiger partial charge in [0, 0.05) is 45.2 Å². The lowest BCUT2D eigenvalue weighted by Gasteiger charge is -2.18. The van der Waals surface area contributed by atoms with Gasteiger partial charge in [-0.05, 0) is 38.5 Å². The van der Waals surface area contributed by atoms with Crippen molar-refractivity contribution < 1.29 is 4.79 Å². The summed E-state index contributed by atoms with van der Waals surface area (Å²) in [5, 5.41) is 4.47. The first-order valence-electron chi connectivity index (χ1n) is 9.68. The summed E-state index contributed by atoms with van der Waals surface area (Å²) in [6, 6.07) is 10.2. The van der Waals surface area contributed by atoms with Gasteiger partial charge in [-0.1, -0.05) is 19.1 Å². The van der Waals surface area contributed by atoms with Crippen LogP contribution in [0.3, 0.4) is 0 Å². The minimum absolute atomic E-state index is 0.170. The summed E-state index contributed by atoms with van der Waals surface area (Å²) >= 11 is 0. The van der Waals surface area contributed by atoms with Crippen molar-refractivity contribution in [3.05, 3.63) is 47.5 Å². The van der Waals surface area contributed by atoms with Gasteiger partial charge in [-0.2, -0.15) is 5.10 Å². The molecule has 6 nitrogen and oxygen atoms in total. The molecule has 1 amide bonds. The van der Waals surface area contributed by atoms with Crippen LogP contribution in [0.5, 0.6) is 0 Å². The van der Waals surface area contributed by atoms with E-state index in [9.17, 15) is 4.79 Å². The Morgan fingerprint density at radius 3 is 2.67 bits per heavy atom. The molecule has 0 aliphatic rings. The highest BCUT2D eigenvalue weighted by atomic mass is 16.2. The number of hydrogen-bond acceptors (Lipinski definition) is 3. The molecule has 27 heavy (non-hydrogen) atoms. The predicted octanol–water partition coefficient (Wildman–Crippen LogP) is 3.35. The molecule has 0 bridgehead atoms. The smallest absolute Gasteiger partial charge is 0.224 e. The van der Waals surface area contributed by atoms with E-state index in [1.807, 2.05) is 41.8 Å². The van der Waals surface area contributed by atoms with Gasteiger partial charge in [0.25, 0.3) is 0 Å². The molecule has 0 aliphatic heterocycles. The van der Waals surface area contributed by atoms with Gasteiger partial charge in [0.2, 0.25) is 5.91 Å². The molecule has 0 saturated carbocycles. The third-order valence-corrected chi connectivity index (χ3v) is 4.99. The van der Waals surface area contributed by atoms with E-state index in [0.717, 1.165) is 48.5 Å². The Bertz CT molecular complexity index is 924. The molecule has 0 radical (unpaired) electrons. The second kappa shape index (κ2) is 8.37. The van der Waals surface area contributed by atoms with E-state index in [-0.39, 0.29) is 5.91 Å². The highest BCUT2D eigenvalue weighted by Crippen LogP contribution is 2.17. The number of carbonyl (C=O) groups is 1. The summed E-state index contributed by atoms with van der Waals surface area (Å²) in [4.78, 5) is 19.1. The monoisotopic (exact) mass is 367 g/mol. The summed E-state index contributed by atoms with van der Waals surface area (Å²) in [5.74, 6) is 1.21. The SMILES string of the molecule is CCc1nc2ccccc2n1CCC(=O)N(C)CCCn1nc(C)cc1C. The number of hydrogen-bond donors (Lipinski definition) is 0. The van der Waals surface area contributed by atoms with Crippen LogP contribution >= 0.6 is 0 Å². The number of nitrogens with zero attached hydrogens (tertiary/aromatic N) is 5. The normalized spacial score (nSPS) is 11.3. The Morgan fingerprint density at radius 1 is 1.19 bits per heavy atom. The molecule has 0 atom stereocenters. The van der Waals surface area contributed by atoms with Crippen LogP contribution in [0, 0.1) is 13.8 Å². The molecular formula is C21H29N5O. The van der Waals surface area contributed by atoms with Crippen molar-refractivity contribution in [2.75, 3.05) is 13.6 Å². The van der Waals surface area contributed by atoms with Crippen molar-refractivity contribution in [2.45, 2.75) is 53.1 Å². The molecule has 3 rings (SSSR count). The van der Waals surface area contributed by atoms with Gasteiger partial charge in [-0.3, -0.25) is 9.48 Å². The molecule has 0 unspecified atom stereocenters. The third-order valence-electron chi connectivity index (χ3n) is 4.99. The van der Waals surface area contributed by atoms with Crippen LogP contribution in [0.4, 0.5) is 0 Å². The van der Waals surface area contributed by atoms with Crippen molar-refractivity contribution in [3.8, 4) is 0 Å². The second-order valence-corrected chi connectivity index (χ2v) is 7.09. The quantitative estimate of drug-likeness (QED) is 0.613.